The zero-order valence-corrected chi connectivity index (χ0v) is 15.5. The summed E-state index contributed by atoms with van der Waals surface area (Å²) in [5, 5.41) is 22.5. The molecule has 4 rings (SSSR count). The van der Waals surface area contributed by atoms with E-state index in [1.54, 1.807) is 42.5 Å². The van der Waals surface area contributed by atoms with Crippen LogP contribution in [0.5, 0.6) is 11.5 Å². The van der Waals surface area contributed by atoms with Crippen molar-refractivity contribution in [2.75, 3.05) is 0 Å². The number of rotatable bonds is 2. The van der Waals surface area contributed by atoms with Gasteiger partial charge in [0.25, 0.3) is 0 Å². The third-order valence-corrected chi connectivity index (χ3v) is 5.00. The Morgan fingerprint density at radius 1 is 0.630 bits per heavy atom. The summed E-state index contributed by atoms with van der Waals surface area (Å²) in [6.07, 6.45) is 0. The number of fused-ring (bicyclic) bond motifs is 1. The minimum atomic E-state index is -0.545. The van der Waals surface area contributed by atoms with Crippen LogP contribution in [0.25, 0.3) is 33.0 Å². The highest BCUT2D eigenvalue weighted by Crippen LogP contribution is 2.50. The van der Waals surface area contributed by atoms with Gasteiger partial charge in [-0.05, 0) is 35.0 Å². The lowest BCUT2D eigenvalue weighted by Gasteiger charge is -2.17. The lowest BCUT2D eigenvalue weighted by atomic mass is 9.90. The first-order valence-electron chi connectivity index (χ1n) is 8.16. The summed E-state index contributed by atoms with van der Waals surface area (Å²) in [7, 11) is 0. The van der Waals surface area contributed by atoms with E-state index in [0.717, 1.165) is 0 Å². The molecule has 0 aliphatic carbocycles. The van der Waals surface area contributed by atoms with Gasteiger partial charge < -0.3 is 10.2 Å². The first-order valence-corrected chi connectivity index (χ1v) is 8.95. The molecule has 0 heterocycles. The zero-order chi connectivity index (χ0) is 19.1. The van der Waals surface area contributed by atoms with Gasteiger partial charge in [-0.3, -0.25) is 0 Å². The number of benzene rings is 4. The van der Waals surface area contributed by atoms with E-state index < -0.39 is 23.1 Å². The molecule has 134 valence electrons. The largest absolute Gasteiger partial charge is 0.504 e. The van der Waals surface area contributed by atoms with Gasteiger partial charge in [-0.25, -0.2) is 8.78 Å². The van der Waals surface area contributed by atoms with E-state index in [2.05, 4.69) is 15.9 Å². The van der Waals surface area contributed by atoms with Gasteiger partial charge in [0.15, 0.2) is 11.5 Å². The highest BCUT2D eigenvalue weighted by Gasteiger charge is 2.23. The van der Waals surface area contributed by atoms with E-state index in [0.29, 0.717) is 15.2 Å². The van der Waals surface area contributed by atoms with Crippen molar-refractivity contribution in [1.82, 2.24) is 0 Å². The van der Waals surface area contributed by atoms with Gasteiger partial charge in [-0.2, -0.15) is 0 Å². The van der Waals surface area contributed by atoms with Crippen LogP contribution in [0.1, 0.15) is 0 Å². The van der Waals surface area contributed by atoms with E-state index in [9.17, 15) is 19.0 Å². The Morgan fingerprint density at radius 3 is 1.78 bits per heavy atom. The molecule has 27 heavy (non-hydrogen) atoms. The van der Waals surface area contributed by atoms with Crippen LogP contribution in [-0.2, 0) is 0 Å². The van der Waals surface area contributed by atoms with Gasteiger partial charge in [-0.15, -0.1) is 0 Å². The van der Waals surface area contributed by atoms with E-state index in [1.807, 2.05) is 0 Å². The Hall–Kier alpha value is -2.92. The molecule has 2 nitrogen and oxygen atoms in total. The normalized spacial score (nSPS) is 11.1. The first-order chi connectivity index (χ1) is 13.0. The standard InChI is InChI=1S/C22H13BrF2O2/c23-12-9-10-18(25)16(11-12)20-14-6-2-1-5-13(14)19(21(26)22(20)27)15-7-3-4-8-17(15)24/h1-11,26-27H. The predicted octanol–water partition coefficient (Wildman–Crippen LogP) is 6.63. The highest BCUT2D eigenvalue weighted by molar-refractivity contribution is 9.10. The molecule has 0 unspecified atom stereocenters. The summed E-state index contributed by atoms with van der Waals surface area (Å²) in [6.45, 7) is 0. The van der Waals surface area contributed by atoms with Crippen LogP contribution in [0.2, 0.25) is 0 Å². The summed E-state index contributed by atoms with van der Waals surface area (Å²) >= 11 is 3.30. The molecule has 0 spiro atoms. The summed E-state index contributed by atoms with van der Waals surface area (Å²) in [6, 6.07) is 17.2. The van der Waals surface area contributed by atoms with E-state index in [-0.39, 0.29) is 22.3 Å². The minimum Gasteiger partial charge on any atom is -0.504 e. The van der Waals surface area contributed by atoms with Crippen molar-refractivity contribution < 1.29 is 19.0 Å². The predicted molar refractivity (Wildman–Crippen MR) is 106 cm³/mol. The number of hydrogen-bond acceptors (Lipinski definition) is 2. The number of hydrogen-bond donors (Lipinski definition) is 2. The van der Waals surface area contributed by atoms with Crippen molar-refractivity contribution in [3.05, 3.63) is 82.8 Å². The molecule has 0 aliphatic heterocycles. The molecule has 4 aromatic rings. The van der Waals surface area contributed by atoms with Crippen molar-refractivity contribution in [3.63, 3.8) is 0 Å². The second-order valence-electron chi connectivity index (χ2n) is 6.10. The van der Waals surface area contributed by atoms with Gasteiger partial charge in [0.05, 0.1) is 0 Å². The summed E-state index contributed by atoms with van der Waals surface area (Å²) < 4.78 is 29.5. The minimum absolute atomic E-state index is 0.133. The molecule has 0 saturated heterocycles. The highest BCUT2D eigenvalue weighted by atomic mass is 79.9. The molecule has 4 aromatic carbocycles. The van der Waals surface area contributed by atoms with Crippen molar-refractivity contribution >= 4 is 26.7 Å². The van der Waals surface area contributed by atoms with Crippen LogP contribution < -0.4 is 0 Å². The van der Waals surface area contributed by atoms with Gasteiger partial charge in [0, 0.05) is 26.7 Å². The Kier molecular flexibility index (Phi) is 4.32. The second kappa shape index (κ2) is 6.67. The molecule has 5 heteroatoms. The SMILES string of the molecule is Oc1c(O)c(-c2cc(Br)ccc2F)c2ccccc2c1-c1ccccc1F. The Bertz CT molecular complexity index is 1190. The number of halogens is 3. The zero-order valence-electron chi connectivity index (χ0n) is 13.9. The van der Waals surface area contributed by atoms with Crippen molar-refractivity contribution in [2.45, 2.75) is 0 Å². The summed E-state index contributed by atoms with van der Waals surface area (Å²) in [4.78, 5) is 0. The molecular formula is C22H13BrF2O2. The number of phenolic OH excluding ortho intramolecular Hbond substituents is 2. The molecule has 0 saturated carbocycles. The van der Waals surface area contributed by atoms with Crippen LogP contribution >= 0.6 is 15.9 Å². The van der Waals surface area contributed by atoms with Gasteiger partial charge in [0.2, 0.25) is 0 Å². The maximum absolute atomic E-state index is 14.5. The number of phenols is 2. The van der Waals surface area contributed by atoms with Crippen molar-refractivity contribution in [3.8, 4) is 33.8 Å². The van der Waals surface area contributed by atoms with Gasteiger partial charge in [0.1, 0.15) is 11.6 Å². The fourth-order valence-corrected chi connectivity index (χ4v) is 3.67. The van der Waals surface area contributed by atoms with Crippen LogP contribution in [0.4, 0.5) is 8.78 Å². The Morgan fingerprint density at radius 2 is 1.15 bits per heavy atom. The molecule has 0 aliphatic rings. The maximum atomic E-state index is 14.5. The fourth-order valence-electron chi connectivity index (χ4n) is 3.31. The van der Waals surface area contributed by atoms with Gasteiger partial charge >= 0.3 is 0 Å². The molecular weight excluding hydrogens is 414 g/mol. The fraction of sp³-hybridized carbons (Fsp3) is 0. The molecule has 2 N–H and O–H groups in total. The van der Waals surface area contributed by atoms with Gasteiger partial charge in [-0.1, -0.05) is 58.4 Å². The lowest BCUT2D eigenvalue weighted by Crippen LogP contribution is -1.93. The quantitative estimate of drug-likeness (QED) is 0.353. The summed E-state index contributed by atoms with van der Waals surface area (Å²) in [5.41, 5.74) is 0.610. The van der Waals surface area contributed by atoms with Crippen molar-refractivity contribution in [1.29, 1.82) is 0 Å². The van der Waals surface area contributed by atoms with E-state index in [1.165, 1.54) is 24.3 Å². The molecule has 0 atom stereocenters. The van der Waals surface area contributed by atoms with E-state index in [4.69, 9.17) is 0 Å². The third-order valence-electron chi connectivity index (χ3n) is 4.50. The topological polar surface area (TPSA) is 40.5 Å². The number of aromatic hydroxyl groups is 2. The van der Waals surface area contributed by atoms with Crippen molar-refractivity contribution in [2.24, 2.45) is 0 Å². The van der Waals surface area contributed by atoms with Crippen LogP contribution in [0, 0.1) is 11.6 Å². The molecule has 0 aromatic heterocycles. The smallest absolute Gasteiger partial charge is 0.166 e. The molecule has 0 radical (unpaired) electrons. The first kappa shape index (κ1) is 17.5. The van der Waals surface area contributed by atoms with E-state index >= 15 is 0 Å². The summed E-state index contributed by atoms with van der Waals surface area (Å²) in [5.74, 6) is -2.06. The Labute approximate surface area is 162 Å². The molecule has 0 fully saturated rings. The lowest BCUT2D eigenvalue weighted by molar-refractivity contribution is 0.407. The molecule has 0 amide bonds. The second-order valence-corrected chi connectivity index (χ2v) is 7.01. The molecule has 0 bridgehead atoms. The van der Waals surface area contributed by atoms with Crippen LogP contribution in [-0.4, -0.2) is 10.2 Å². The Balaban J connectivity index is 2.17. The van der Waals surface area contributed by atoms with Crippen LogP contribution in [0.3, 0.4) is 0 Å². The maximum Gasteiger partial charge on any atom is 0.166 e. The average Bonchev–Trinajstić information content (AvgIpc) is 2.66. The third kappa shape index (κ3) is 2.84. The average molecular weight is 427 g/mol. The monoisotopic (exact) mass is 426 g/mol. The van der Waals surface area contributed by atoms with Crippen LogP contribution in [0.15, 0.2) is 71.2 Å².